The Bertz CT molecular complexity index is 585. The highest BCUT2D eigenvalue weighted by atomic mass is 19.1. The van der Waals surface area contributed by atoms with Gasteiger partial charge < -0.3 is 0 Å². The van der Waals surface area contributed by atoms with E-state index in [1.807, 2.05) is 0 Å². The molecule has 0 aliphatic heterocycles. The fourth-order valence-corrected chi connectivity index (χ4v) is 1.91. The molecule has 0 saturated carbocycles. The Kier molecular flexibility index (Phi) is 4.80. The predicted octanol–water partition coefficient (Wildman–Crippen LogP) is 3.36. The summed E-state index contributed by atoms with van der Waals surface area (Å²) in [7, 11) is 0. The van der Waals surface area contributed by atoms with E-state index in [4.69, 9.17) is 5.26 Å². The van der Waals surface area contributed by atoms with Crippen LogP contribution < -0.4 is 5.32 Å². The van der Waals surface area contributed by atoms with E-state index in [9.17, 15) is 8.78 Å². The molecule has 2 aromatic carbocycles. The molecule has 4 heteroatoms. The summed E-state index contributed by atoms with van der Waals surface area (Å²) in [5.74, 6) is -0.584. The summed E-state index contributed by atoms with van der Waals surface area (Å²) in [6.07, 6.45) is 0.694. The van der Waals surface area contributed by atoms with Crippen molar-refractivity contribution >= 4 is 0 Å². The smallest absolute Gasteiger partial charge is 0.123 e. The first-order chi connectivity index (χ1) is 9.69. The molecule has 0 bridgehead atoms. The molecule has 1 atom stereocenters. The Hall–Kier alpha value is -2.25. The van der Waals surface area contributed by atoms with Crippen LogP contribution in [-0.2, 0) is 6.42 Å². The zero-order valence-electron chi connectivity index (χ0n) is 10.8. The zero-order chi connectivity index (χ0) is 14.4. The minimum Gasteiger partial charge on any atom is -0.298 e. The Morgan fingerprint density at radius 2 is 1.50 bits per heavy atom. The first kappa shape index (κ1) is 14.2. The highest BCUT2D eigenvalue weighted by Crippen LogP contribution is 2.13. The number of nitriles is 1. The molecule has 1 N–H and O–H groups in total. The summed E-state index contributed by atoms with van der Waals surface area (Å²) >= 11 is 0. The van der Waals surface area contributed by atoms with E-state index in [1.165, 1.54) is 24.3 Å². The lowest BCUT2D eigenvalue weighted by molar-refractivity contribution is 0.612. The average molecular weight is 272 g/mol. The molecule has 20 heavy (non-hydrogen) atoms. The first-order valence-corrected chi connectivity index (χ1v) is 6.32. The molecule has 0 aromatic heterocycles. The standard InChI is InChI=1S/C16H14F2N2/c17-14-5-1-12(2-6-14)9-10-20-16(11-19)13-3-7-15(18)8-4-13/h1-8,16,20H,9-10H2. The van der Waals surface area contributed by atoms with E-state index in [-0.39, 0.29) is 11.6 Å². The fourth-order valence-electron chi connectivity index (χ4n) is 1.91. The first-order valence-electron chi connectivity index (χ1n) is 6.32. The topological polar surface area (TPSA) is 35.8 Å². The number of hydrogen-bond acceptors (Lipinski definition) is 2. The van der Waals surface area contributed by atoms with Crippen molar-refractivity contribution in [2.24, 2.45) is 0 Å². The summed E-state index contributed by atoms with van der Waals surface area (Å²) in [5, 5.41) is 12.2. The average Bonchev–Trinajstić information content (AvgIpc) is 2.47. The number of nitrogens with one attached hydrogen (secondary N) is 1. The second-order valence-corrected chi connectivity index (χ2v) is 4.44. The Morgan fingerprint density at radius 1 is 0.950 bits per heavy atom. The highest BCUT2D eigenvalue weighted by molar-refractivity contribution is 5.24. The van der Waals surface area contributed by atoms with Gasteiger partial charge in [0.15, 0.2) is 0 Å². The summed E-state index contributed by atoms with van der Waals surface area (Å²) in [4.78, 5) is 0. The van der Waals surface area contributed by atoms with E-state index < -0.39 is 6.04 Å². The second kappa shape index (κ2) is 6.78. The van der Waals surface area contributed by atoms with Gasteiger partial charge in [0.25, 0.3) is 0 Å². The van der Waals surface area contributed by atoms with E-state index >= 15 is 0 Å². The molecule has 0 aliphatic rings. The molecule has 2 rings (SSSR count). The molecule has 0 saturated heterocycles. The molecule has 2 aromatic rings. The van der Waals surface area contributed by atoms with Crippen molar-refractivity contribution in [3.05, 3.63) is 71.3 Å². The van der Waals surface area contributed by atoms with Gasteiger partial charge in [0.2, 0.25) is 0 Å². The number of rotatable bonds is 5. The zero-order valence-corrected chi connectivity index (χ0v) is 10.8. The molecule has 0 amide bonds. The normalized spacial score (nSPS) is 11.8. The minimum atomic E-state index is -0.476. The number of nitrogens with zero attached hydrogens (tertiary/aromatic N) is 1. The molecule has 0 fully saturated rings. The molecular weight excluding hydrogens is 258 g/mol. The Morgan fingerprint density at radius 3 is 2.05 bits per heavy atom. The van der Waals surface area contributed by atoms with Gasteiger partial charge in [-0.2, -0.15) is 5.26 Å². The van der Waals surface area contributed by atoms with Crippen molar-refractivity contribution in [1.29, 1.82) is 5.26 Å². The van der Waals surface area contributed by atoms with Crippen LogP contribution in [0.2, 0.25) is 0 Å². The van der Waals surface area contributed by atoms with E-state index in [0.29, 0.717) is 13.0 Å². The van der Waals surface area contributed by atoms with Gasteiger partial charge in [-0.3, -0.25) is 5.32 Å². The molecule has 0 aliphatic carbocycles. The van der Waals surface area contributed by atoms with Crippen molar-refractivity contribution < 1.29 is 8.78 Å². The molecule has 0 spiro atoms. The SMILES string of the molecule is N#CC(NCCc1ccc(F)cc1)c1ccc(F)cc1. The van der Waals surface area contributed by atoms with Crippen molar-refractivity contribution in [3.63, 3.8) is 0 Å². The van der Waals surface area contributed by atoms with Crippen molar-refractivity contribution in [1.82, 2.24) is 5.32 Å². The maximum Gasteiger partial charge on any atom is 0.123 e. The summed E-state index contributed by atoms with van der Waals surface area (Å²) in [6, 6.07) is 13.8. The van der Waals surface area contributed by atoms with Crippen LogP contribution in [0.5, 0.6) is 0 Å². The number of benzene rings is 2. The van der Waals surface area contributed by atoms with Gasteiger partial charge in [0.1, 0.15) is 17.7 Å². The van der Waals surface area contributed by atoms with Crippen LogP contribution in [0.1, 0.15) is 17.2 Å². The number of hydrogen-bond donors (Lipinski definition) is 1. The van der Waals surface area contributed by atoms with Gasteiger partial charge >= 0.3 is 0 Å². The molecule has 2 nitrogen and oxygen atoms in total. The lowest BCUT2D eigenvalue weighted by atomic mass is 10.1. The quantitative estimate of drug-likeness (QED) is 0.906. The highest BCUT2D eigenvalue weighted by Gasteiger charge is 2.09. The van der Waals surface area contributed by atoms with Crippen LogP contribution in [0, 0.1) is 23.0 Å². The summed E-state index contributed by atoms with van der Waals surface area (Å²) in [6.45, 7) is 0.585. The van der Waals surface area contributed by atoms with E-state index in [2.05, 4.69) is 11.4 Å². The van der Waals surface area contributed by atoms with Crippen LogP contribution in [-0.4, -0.2) is 6.54 Å². The Labute approximate surface area is 116 Å². The molecular formula is C16H14F2N2. The maximum atomic E-state index is 12.8. The van der Waals surface area contributed by atoms with Gasteiger partial charge in [-0.25, -0.2) is 8.78 Å². The second-order valence-electron chi connectivity index (χ2n) is 4.44. The monoisotopic (exact) mass is 272 g/mol. The lowest BCUT2D eigenvalue weighted by Crippen LogP contribution is -2.22. The van der Waals surface area contributed by atoms with Gasteiger partial charge in [0.05, 0.1) is 6.07 Å². The molecule has 1 unspecified atom stereocenters. The summed E-state index contributed by atoms with van der Waals surface area (Å²) < 4.78 is 25.6. The van der Waals surface area contributed by atoms with Gasteiger partial charge in [-0.15, -0.1) is 0 Å². The van der Waals surface area contributed by atoms with Crippen molar-refractivity contribution in [2.75, 3.05) is 6.54 Å². The molecule has 102 valence electrons. The van der Waals surface area contributed by atoms with Crippen LogP contribution in [0.25, 0.3) is 0 Å². The van der Waals surface area contributed by atoms with Crippen molar-refractivity contribution in [2.45, 2.75) is 12.5 Å². The van der Waals surface area contributed by atoms with Gasteiger partial charge in [-0.1, -0.05) is 24.3 Å². The fraction of sp³-hybridized carbons (Fsp3) is 0.188. The van der Waals surface area contributed by atoms with E-state index in [0.717, 1.165) is 11.1 Å². The largest absolute Gasteiger partial charge is 0.298 e. The third-order valence-corrected chi connectivity index (χ3v) is 3.01. The molecule has 0 radical (unpaired) electrons. The third-order valence-electron chi connectivity index (χ3n) is 3.01. The van der Waals surface area contributed by atoms with E-state index in [1.54, 1.807) is 24.3 Å². The van der Waals surface area contributed by atoms with Crippen LogP contribution in [0.4, 0.5) is 8.78 Å². The van der Waals surface area contributed by atoms with Gasteiger partial charge in [-0.05, 0) is 41.8 Å². The maximum absolute atomic E-state index is 12.8. The van der Waals surface area contributed by atoms with Crippen LogP contribution in [0.3, 0.4) is 0 Å². The van der Waals surface area contributed by atoms with Gasteiger partial charge in [0, 0.05) is 6.54 Å². The van der Waals surface area contributed by atoms with Crippen molar-refractivity contribution in [3.8, 4) is 6.07 Å². The van der Waals surface area contributed by atoms with Crippen LogP contribution in [0.15, 0.2) is 48.5 Å². The summed E-state index contributed by atoms with van der Waals surface area (Å²) in [5.41, 5.74) is 1.72. The predicted molar refractivity (Wildman–Crippen MR) is 72.9 cm³/mol. The minimum absolute atomic E-state index is 0.261. The third kappa shape index (κ3) is 3.87. The van der Waals surface area contributed by atoms with Crippen LogP contribution >= 0.6 is 0 Å². The molecule has 0 heterocycles. The lowest BCUT2D eigenvalue weighted by Gasteiger charge is -2.11. The Balaban J connectivity index is 1.90. The number of halogens is 2.